The predicted octanol–water partition coefficient (Wildman–Crippen LogP) is 3.63. The maximum atomic E-state index is 11.5. The van der Waals surface area contributed by atoms with Gasteiger partial charge in [-0.1, -0.05) is 35.9 Å². The van der Waals surface area contributed by atoms with Crippen LogP contribution in [-0.4, -0.2) is 16.2 Å². The second-order valence-corrected chi connectivity index (χ2v) is 4.78. The van der Waals surface area contributed by atoms with Gasteiger partial charge in [-0.3, -0.25) is 0 Å². The van der Waals surface area contributed by atoms with E-state index in [1.165, 1.54) is 6.07 Å². The third kappa shape index (κ3) is 3.06. The summed E-state index contributed by atoms with van der Waals surface area (Å²) in [5, 5.41) is 18.9. The van der Waals surface area contributed by atoms with E-state index < -0.39 is 5.97 Å². The number of hydrogen-bond acceptors (Lipinski definition) is 2. The van der Waals surface area contributed by atoms with E-state index in [0.29, 0.717) is 11.1 Å². The molecule has 0 aliphatic heterocycles. The highest BCUT2D eigenvalue weighted by atomic mass is 16.4. The molecule has 0 bridgehead atoms. The number of hydrogen-bond donors (Lipinski definition) is 2. The lowest BCUT2D eigenvalue weighted by Gasteiger charge is -2.08. The quantitative estimate of drug-likeness (QED) is 0.660. The molecule has 3 heteroatoms. The van der Waals surface area contributed by atoms with Gasteiger partial charge in [0.15, 0.2) is 0 Å². The zero-order valence-electron chi connectivity index (χ0n) is 11.4. The maximum Gasteiger partial charge on any atom is 0.336 e. The van der Waals surface area contributed by atoms with E-state index in [1.54, 1.807) is 24.3 Å². The first kappa shape index (κ1) is 13.9. The number of carboxylic acid groups (broad SMARTS) is 1. The van der Waals surface area contributed by atoms with Crippen LogP contribution in [0.3, 0.4) is 0 Å². The maximum absolute atomic E-state index is 11.5. The molecule has 0 saturated heterocycles. The highest BCUT2D eigenvalue weighted by molar-refractivity contribution is 6.21. The third-order valence-corrected chi connectivity index (χ3v) is 3.09. The fourth-order valence-corrected chi connectivity index (χ4v) is 2.06. The van der Waals surface area contributed by atoms with Crippen LogP contribution in [0.15, 0.2) is 42.5 Å². The minimum absolute atomic E-state index is 0.115. The van der Waals surface area contributed by atoms with E-state index >= 15 is 0 Å². The Kier molecular flexibility index (Phi) is 3.89. The van der Waals surface area contributed by atoms with Crippen molar-refractivity contribution in [3.63, 3.8) is 0 Å². The Morgan fingerprint density at radius 2 is 1.85 bits per heavy atom. The highest BCUT2D eigenvalue weighted by Crippen LogP contribution is 2.24. The number of aromatic hydroxyl groups is 1. The lowest BCUT2D eigenvalue weighted by Crippen LogP contribution is -2.02. The average molecular weight is 268 g/mol. The average Bonchev–Trinajstić information content (AvgIpc) is 2.39. The summed E-state index contributed by atoms with van der Waals surface area (Å²) < 4.78 is 0. The van der Waals surface area contributed by atoms with Crippen LogP contribution in [0, 0.1) is 13.8 Å². The van der Waals surface area contributed by atoms with Crippen molar-refractivity contribution in [2.24, 2.45) is 0 Å². The van der Waals surface area contributed by atoms with E-state index in [9.17, 15) is 15.0 Å². The molecule has 0 aliphatic rings. The SMILES string of the molecule is Cc1ccc(C)c(/C(=C/c2cccc(O)c2)C(=O)O)c1. The van der Waals surface area contributed by atoms with Crippen LogP contribution in [0.1, 0.15) is 22.3 Å². The Labute approximate surface area is 117 Å². The summed E-state index contributed by atoms with van der Waals surface area (Å²) in [6.07, 6.45) is 1.57. The molecule has 0 saturated carbocycles. The molecule has 0 heterocycles. The summed E-state index contributed by atoms with van der Waals surface area (Å²) in [5.74, 6) is -0.869. The van der Waals surface area contributed by atoms with Crippen LogP contribution in [-0.2, 0) is 4.79 Å². The molecule has 2 rings (SSSR count). The second-order valence-electron chi connectivity index (χ2n) is 4.78. The van der Waals surface area contributed by atoms with E-state index in [0.717, 1.165) is 11.1 Å². The summed E-state index contributed by atoms with van der Waals surface area (Å²) >= 11 is 0. The molecule has 0 amide bonds. The summed E-state index contributed by atoms with van der Waals surface area (Å²) in [4.78, 5) is 11.5. The van der Waals surface area contributed by atoms with Crippen molar-refractivity contribution >= 4 is 17.6 Å². The van der Waals surface area contributed by atoms with E-state index in [4.69, 9.17) is 0 Å². The van der Waals surface area contributed by atoms with Crippen LogP contribution in [0.4, 0.5) is 0 Å². The van der Waals surface area contributed by atoms with E-state index in [1.807, 2.05) is 32.0 Å². The topological polar surface area (TPSA) is 57.5 Å². The fraction of sp³-hybridized carbons (Fsp3) is 0.118. The summed E-state index contributed by atoms with van der Waals surface area (Å²) in [6, 6.07) is 12.2. The van der Waals surface area contributed by atoms with Crippen molar-refractivity contribution in [1.82, 2.24) is 0 Å². The zero-order valence-corrected chi connectivity index (χ0v) is 11.4. The monoisotopic (exact) mass is 268 g/mol. The first-order chi connectivity index (χ1) is 9.47. The van der Waals surface area contributed by atoms with Gasteiger partial charge in [0, 0.05) is 0 Å². The van der Waals surface area contributed by atoms with Gasteiger partial charge in [-0.05, 0) is 48.7 Å². The highest BCUT2D eigenvalue weighted by Gasteiger charge is 2.13. The molecule has 102 valence electrons. The lowest BCUT2D eigenvalue weighted by molar-refractivity contribution is -0.130. The van der Waals surface area contributed by atoms with Crippen molar-refractivity contribution in [1.29, 1.82) is 0 Å². The van der Waals surface area contributed by atoms with Crippen molar-refractivity contribution in [2.45, 2.75) is 13.8 Å². The first-order valence-corrected chi connectivity index (χ1v) is 6.29. The number of benzene rings is 2. The minimum atomic E-state index is -0.984. The number of rotatable bonds is 3. The molecule has 0 atom stereocenters. The van der Waals surface area contributed by atoms with Crippen molar-refractivity contribution in [3.8, 4) is 5.75 Å². The van der Waals surface area contributed by atoms with Gasteiger partial charge in [-0.15, -0.1) is 0 Å². The van der Waals surface area contributed by atoms with Gasteiger partial charge >= 0.3 is 5.97 Å². The van der Waals surface area contributed by atoms with E-state index in [2.05, 4.69) is 0 Å². The molecular weight excluding hydrogens is 252 g/mol. The number of aryl methyl sites for hydroxylation is 2. The first-order valence-electron chi connectivity index (χ1n) is 6.29. The molecular formula is C17H16O3. The second kappa shape index (κ2) is 5.61. The number of carbonyl (C=O) groups is 1. The summed E-state index contributed by atoms with van der Waals surface area (Å²) in [6.45, 7) is 3.81. The largest absolute Gasteiger partial charge is 0.508 e. The van der Waals surface area contributed by atoms with Gasteiger partial charge in [0.25, 0.3) is 0 Å². The molecule has 2 N–H and O–H groups in total. The van der Waals surface area contributed by atoms with Gasteiger partial charge in [-0.25, -0.2) is 4.79 Å². The van der Waals surface area contributed by atoms with E-state index in [-0.39, 0.29) is 11.3 Å². The molecule has 0 radical (unpaired) electrons. The van der Waals surface area contributed by atoms with Crippen LogP contribution >= 0.6 is 0 Å². The standard InChI is InChI=1S/C17H16O3/c1-11-6-7-12(2)15(8-11)16(17(19)20)10-13-4-3-5-14(18)9-13/h3-10,18H,1-2H3,(H,19,20)/b16-10-. The van der Waals surface area contributed by atoms with Crippen molar-refractivity contribution in [3.05, 3.63) is 64.7 Å². The lowest BCUT2D eigenvalue weighted by atomic mass is 9.96. The van der Waals surface area contributed by atoms with Crippen LogP contribution < -0.4 is 0 Å². The van der Waals surface area contributed by atoms with Crippen molar-refractivity contribution in [2.75, 3.05) is 0 Å². The summed E-state index contributed by atoms with van der Waals surface area (Å²) in [5.41, 5.74) is 3.49. The zero-order chi connectivity index (χ0) is 14.7. The number of aliphatic carboxylic acids is 1. The number of carboxylic acids is 1. The molecule has 2 aromatic rings. The molecule has 0 spiro atoms. The van der Waals surface area contributed by atoms with Crippen molar-refractivity contribution < 1.29 is 15.0 Å². The summed E-state index contributed by atoms with van der Waals surface area (Å²) in [7, 11) is 0. The molecule has 0 aliphatic carbocycles. The molecule has 0 fully saturated rings. The van der Waals surface area contributed by atoms with Gasteiger partial charge in [0.05, 0.1) is 5.57 Å². The van der Waals surface area contributed by atoms with Crippen LogP contribution in [0.5, 0.6) is 5.75 Å². The Morgan fingerprint density at radius 3 is 2.50 bits per heavy atom. The predicted molar refractivity (Wildman–Crippen MR) is 79.5 cm³/mol. The smallest absolute Gasteiger partial charge is 0.336 e. The number of phenols is 1. The molecule has 0 unspecified atom stereocenters. The van der Waals surface area contributed by atoms with Gasteiger partial charge in [0.1, 0.15) is 5.75 Å². The minimum Gasteiger partial charge on any atom is -0.508 e. The van der Waals surface area contributed by atoms with Gasteiger partial charge in [-0.2, -0.15) is 0 Å². The Balaban J connectivity index is 2.57. The number of phenolic OH excluding ortho intramolecular Hbond substituents is 1. The van der Waals surface area contributed by atoms with Crippen LogP contribution in [0.2, 0.25) is 0 Å². The molecule has 20 heavy (non-hydrogen) atoms. The fourth-order valence-electron chi connectivity index (χ4n) is 2.06. The molecule has 3 nitrogen and oxygen atoms in total. The Bertz CT molecular complexity index is 684. The van der Waals surface area contributed by atoms with Gasteiger partial charge < -0.3 is 10.2 Å². The third-order valence-electron chi connectivity index (χ3n) is 3.09. The van der Waals surface area contributed by atoms with Crippen LogP contribution in [0.25, 0.3) is 11.6 Å². The normalized spacial score (nSPS) is 11.4. The molecule has 2 aromatic carbocycles. The van der Waals surface area contributed by atoms with Gasteiger partial charge in [0.2, 0.25) is 0 Å². The molecule has 0 aromatic heterocycles. The Hall–Kier alpha value is -2.55. The Morgan fingerprint density at radius 1 is 1.10 bits per heavy atom.